The van der Waals surface area contributed by atoms with Crippen LogP contribution in [-0.4, -0.2) is 57.7 Å². The number of hydrogen-bond acceptors (Lipinski definition) is 5. The lowest BCUT2D eigenvalue weighted by atomic mass is 10.1. The van der Waals surface area contributed by atoms with E-state index in [0.717, 1.165) is 29.0 Å². The molecule has 2 amide bonds. The summed E-state index contributed by atoms with van der Waals surface area (Å²) in [5.41, 5.74) is 3.85. The Labute approximate surface area is 174 Å². The number of aryl methyl sites for hydroxylation is 1. The minimum atomic E-state index is -0.437. The number of nitrogens with one attached hydrogen (secondary N) is 1. The second-order valence-corrected chi connectivity index (χ2v) is 7.37. The Balaban J connectivity index is 1.57. The highest BCUT2D eigenvalue weighted by Gasteiger charge is 2.31. The molecule has 2 aromatic heterocycles. The summed E-state index contributed by atoms with van der Waals surface area (Å²) < 4.78 is 7.00. The third kappa shape index (κ3) is 3.98. The van der Waals surface area contributed by atoms with E-state index in [1.165, 1.54) is 5.56 Å². The molecule has 1 fully saturated rings. The van der Waals surface area contributed by atoms with Crippen molar-refractivity contribution in [2.75, 3.05) is 26.2 Å². The Hall–Kier alpha value is -3.42. The summed E-state index contributed by atoms with van der Waals surface area (Å²) in [5.74, 6) is 0.413. The van der Waals surface area contributed by atoms with E-state index in [9.17, 15) is 9.59 Å². The van der Waals surface area contributed by atoms with Crippen LogP contribution in [0.2, 0.25) is 0 Å². The first-order valence-corrected chi connectivity index (χ1v) is 10.1. The molecule has 0 radical (unpaired) electrons. The fourth-order valence-corrected chi connectivity index (χ4v) is 3.79. The predicted molar refractivity (Wildman–Crippen MR) is 113 cm³/mol. The van der Waals surface area contributed by atoms with Crippen molar-refractivity contribution in [1.29, 1.82) is 0 Å². The summed E-state index contributed by atoms with van der Waals surface area (Å²) >= 11 is 0. The number of amides is 2. The molecule has 1 saturated heterocycles. The van der Waals surface area contributed by atoms with Crippen LogP contribution in [0.15, 0.2) is 42.6 Å². The van der Waals surface area contributed by atoms with Gasteiger partial charge in [-0.15, -0.1) is 0 Å². The standard InChI is InChI=1S/C22H25N5O3/c1-3-30-19(28)13-24-22(29)26-12-10-17(14-26)27-20(16-8-6-15(2)7-9-16)25-18-5-4-11-23-21(18)27/h4-9,11,17H,3,10,12-14H2,1-2H3,(H,24,29). The summed E-state index contributed by atoms with van der Waals surface area (Å²) in [5, 5.41) is 2.64. The van der Waals surface area contributed by atoms with Gasteiger partial charge in [-0.1, -0.05) is 29.8 Å². The number of fused-ring (bicyclic) bond motifs is 1. The van der Waals surface area contributed by atoms with E-state index >= 15 is 0 Å². The lowest BCUT2D eigenvalue weighted by molar-refractivity contribution is -0.141. The summed E-state index contributed by atoms with van der Waals surface area (Å²) in [6.07, 6.45) is 2.55. The average Bonchev–Trinajstić information content (AvgIpc) is 3.37. The number of benzene rings is 1. The quantitative estimate of drug-likeness (QED) is 0.657. The zero-order chi connectivity index (χ0) is 21.1. The molecular formula is C22H25N5O3. The van der Waals surface area contributed by atoms with E-state index in [0.29, 0.717) is 19.7 Å². The molecule has 3 aromatic rings. The number of rotatable bonds is 5. The van der Waals surface area contributed by atoms with E-state index < -0.39 is 5.97 Å². The van der Waals surface area contributed by atoms with Crippen molar-refractivity contribution in [3.8, 4) is 11.4 Å². The van der Waals surface area contributed by atoms with Gasteiger partial charge in [0.25, 0.3) is 0 Å². The molecule has 156 valence electrons. The highest BCUT2D eigenvalue weighted by molar-refractivity contribution is 5.81. The fourth-order valence-electron chi connectivity index (χ4n) is 3.79. The number of urea groups is 1. The van der Waals surface area contributed by atoms with Crippen molar-refractivity contribution in [2.45, 2.75) is 26.3 Å². The maximum absolute atomic E-state index is 12.5. The molecule has 1 aromatic carbocycles. The van der Waals surface area contributed by atoms with Crippen LogP contribution < -0.4 is 5.32 Å². The molecule has 3 heterocycles. The largest absolute Gasteiger partial charge is 0.465 e. The number of esters is 1. The summed E-state index contributed by atoms with van der Waals surface area (Å²) in [6.45, 7) is 5.08. The number of nitrogens with zero attached hydrogens (tertiary/aromatic N) is 4. The molecule has 30 heavy (non-hydrogen) atoms. The number of likely N-dealkylation sites (tertiary alicyclic amines) is 1. The Morgan fingerprint density at radius 1 is 1.23 bits per heavy atom. The molecule has 1 unspecified atom stereocenters. The zero-order valence-electron chi connectivity index (χ0n) is 17.2. The van der Waals surface area contributed by atoms with Crippen LogP contribution in [-0.2, 0) is 9.53 Å². The SMILES string of the molecule is CCOC(=O)CNC(=O)N1CCC(n2c(-c3ccc(C)cc3)nc3cccnc32)C1. The number of carbonyl (C=O) groups is 2. The van der Waals surface area contributed by atoms with E-state index in [1.54, 1.807) is 18.0 Å². The topological polar surface area (TPSA) is 89.4 Å². The molecule has 8 nitrogen and oxygen atoms in total. The van der Waals surface area contributed by atoms with Gasteiger partial charge in [0.2, 0.25) is 0 Å². The van der Waals surface area contributed by atoms with Gasteiger partial charge in [0.1, 0.15) is 17.9 Å². The van der Waals surface area contributed by atoms with Crippen molar-refractivity contribution in [3.63, 3.8) is 0 Å². The lowest BCUT2D eigenvalue weighted by Crippen LogP contribution is -2.41. The van der Waals surface area contributed by atoms with E-state index in [4.69, 9.17) is 9.72 Å². The number of hydrogen-bond donors (Lipinski definition) is 1. The molecule has 0 aliphatic carbocycles. The van der Waals surface area contributed by atoms with Gasteiger partial charge in [-0.05, 0) is 32.4 Å². The number of ether oxygens (including phenoxy) is 1. The van der Waals surface area contributed by atoms with Gasteiger partial charge in [-0.25, -0.2) is 14.8 Å². The van der Waals surface area contributed by atoms with Gasteiger partial charge >= 0.3 is 12.0 Å². The molecule has 4 rings (SSSR count). The molecular weight excluding hydrogens is 382 g/mol. The van der Waals surface area contributed by atoms with Gasteiger partial charge in [0.15, 0.2) is 5.65 Å². The molecule has 0 bridgehead atoms. The van der Waals surface area contributed by atoms with Crippen molar-refractivity contribution < 1.29 is 14.3 Å². The predicted octanol–water partition coefficient (Wildman–Crippen LogP) is 2.93. The minimum absolute atomic E-state index is 0.0505. The molecule has 1 aliphatic heterocycles. The van der Waals surface area contributed by atoms with Crippen molar-refractivity contribution in [3.05, 3.63) is 48.2 Å². The Morgan fingerprint density at radius 3 is 2.80 bits per heavy atom. The molecule has 0 saturated carbocycles. The second-order valence-electron chi connectivity index (χ2n) is 7.37. The molecule has 1 aliphatic rings. The minimum Gasteiger partial charge on any atom is -0.465 e. The van der Waals surface area contributed by atoms with Gasteiger partial charge in [-0.2, -0.15) is 0 Å². The zero-order valence-corrected chi connectivity index (χ0v) is 17.2. The monoisotopic (exact) mass is 407 g/mol. The molecule has 8 heteroatoms. The first-order valence-electron chi connectivity index (χ1n) is 10.1. The van der Waals surface area contributed by atoms with Crippen LogP contribution in [0.3, 0.4) is 0 Å². The van der Waals surface area contributed by atoms with Crippen molar-refractivity contribution >= 4 is 23.2 Å². The fraction of sp³-hybridized carbons (Fsp3) is 0.364. The molecule has 0 spiro atoms. The van der Waals surface area contributed by atoms with Crippen molar-refractivity contribution in [2.24, 2.45) is 0 Å². The van der Waals surface area contributed by atoms with E-state index in [-0.39, 0.29) is 18.6 Å². The number of pyridine rings is 1. The smallest absolute Gasteiger partial charge is 0.325 e. The van der Waals surface area contributed by atoms with Crippen LogP contribution in [0.4, 0.5) is 4.79 Å². The highest BCUT2D eigenvalue weighted by atomic mass is 16.5. The first-order chi connectivity index (χ1) is 14.6. The first kappa shape index (κ1) is 19.9. The van der Waals surface area contributed by atoms with Crippen LogP contribution in [0, 0.1) is 6.92 Å². The van der Waals surface area contributed by atoms with Crippen LogP contribution in [0.5, 0.6) is 0 Å². The van der Waals surface area contributed by atoms with Crippen LogP contribution >= 0.6 is 0 Å². The summed E-state index contributed by atoms with van der Waals surface area (Å²) in [7, 11) is 0. The summed E-state index contributed by atoms with van der Waals surface area (Å²) in [6, 6.07) is 11.9. The normalized spacial score (nSPS) is 16.1. The highest BCUT2D eigenvalue weighted by Crippen LogP contribution is 2.32. The lowest BCUT2D eigenvalue weighted by Gasteiger charge is -2.19. The number of carbonyl (C=O) groups excluding carboxylic acids is 2. The third-order valence-corrected chi connectivity index (χ3v) is 5.26. The molecule has 1 atom stereocenters. The maximum Gasteiger partial charge on any atom is 0.325 e. The van der Waals surface area contributed by atoms with Crippen LogP contribution in [0.25, 0.3) is 22.6 Å². The third-order valence-electron chi connectivity index (χ3n) is 5.26. The summed E-state index contributed by atoms with van der Waals surface area (Å²) in [4.78, 5) is 35.1. The van der Waals surface area contributed by atoms with E-state index in [2.05, 4.69) is 46.1 Å². The molecule has 1 N–H and O–H groups in total. The van der Waals surface area contributed by atoms with Gasteiger partial charge in [0.05, 0.1) is 12.6 Å². The van der Waals surface area contributed by atoms with Gasteiger partial charge in [0, 0.05) is 24.8 Å². The Bertz CT molecular complexity index is 1060. The number of aromatic nitrogens is 3. The Kier molecular flexibility index (Phi) is 5.65. The second kappa shape index (κ2) is 8.52. The van der Waals surface area contributed by atoms with Crippen LogP contribution in [0.1, 0.15) is 24.9 Å². The van der Waals surface area contributed by atoms with E-state index in [1.807, 2.05) is 12.1 Å². The van der Waals surface area contributed by atoms with Gasteiger partial charge < -0.3 is 19.5 Å². The average molecular weight is 407 g/mol. The Morgan fingerprint density at radius 2 is 2.03 bits per heavy atom. The number of imidazole rings is 1. The van der Waals surface area contributed by atoms with Gasteiger partial charge in [-0.3, -0.25) is 4.79 Å². The maximum atomic E-state index is 12.5. The van der Waals surface area contributed by atoms with Crippen molar-refractivity contribution in [1.82, 2.24) is 24.8 Å².